The molecule has 2 heterocycles. The highest BCUT2D eigenvalue weighted by Crippen LogP contribution is 2.06. The van der Waals surface area contributed by atoms with Gasteiger partial charge in [-0.3, -0.25) is 4.79 Å². The van der Waals surface area contributed by atoms with Crippen molar-refractivity contribution in [3.63, 3.8) is 0 Å². The summed E-state index contributed by atoms with van der Waals surface area (Å²) >= 11 is 0. The number of nitrogens with one attached hydrogen (secondary N) is 1. The molecule has 0 aromatic carbocycles. The van der Waals surface area contributed by atoms with Gasteiger partial charge in [0.15, 0.2) is 0 Å². The molecule has 0 aliphatic heterocycles. The third-order valence-electron chi connectivity index (χ3n) is 2.48. The lowest BCUT2D eigenvalue weighted by Crippen LogP contribution is -2.14. The summed E-state index contributed by atoms with van der Waals surface area (Å²) in [6.45, 7) is 2.22. The fraction of sp³-hybridized carbons (Fsp3) is 0.133. The summed E-state index contributed by atoms with van der Waals surface area (Å²) in [5.41, 5.74) is 7.35. The third kappa shape index (κ3) is 3.64. The summed E-state index contributed by atoms with van der Waals surface area (Å²) in [5.74, 6) is 5.76. The molecule has 5 heteroatoms. The van der Waals surface area contributed by atoms with Crippen molar-refractivity contribution in [2.75, 3.05) is 11.9 Å². The van der Waals surface area contributed by atoms with Gasteiger partial charge >= 0.3 is 0 Å². The number of rotatable bonds is 2. The monoisotopic (exact) mass is 266 g/mol. The maximum atomic E-state index is 12.0. The van der Waals surface area contributed by atoms with Crippen molar-refractivity contribution >= 4 is 11.7 Å². The zero-order valence-corrected chi connectivity index (χ0v) is 11.1. The summed E-state index contributed by atoms with van der Waals surface area (Å²) in [6.07, 6.45) is 3.23. The lowest BCUT2D eigenvalue weighted by atomic mass is 10.2. The molecule has 100 valence electrons. The Hall–Kier alpha value is -2.71. The number of nitrogens with zero attached hydrogens (tertiary/aromatic N) is 2. The molecule has 0 saturated carbocycles. The van der Waals surface area contributed by atoms with Crippen molar-refractivity contribution in [3.05, 3.63) is 53.5 Å². The molecule has 0 aliphatic carbocycles. The van der Waals surface area contributed by atoms with Crippen LogP contribution >= 0.6 is 0 Å². The summed E-state index contributed by atoms with van der Waals surface area (Å²) < 4.78 is 0. The maximum Gasteiger partial charge on any atom is 0.275 e. The third-order valence-corrected chi connectivity index (χ3v) is 2.48. The first-order chi connectivity index (χ1) is 9.69. The number of aryl methyl sites for hydroxylation is 1. The van der Waals surface area contributed by atoms with Crippen LogP contribution in [0.4, 0.5) is 5.82 Å². The molecule has 0 bridgehead atoms. The van der Waals surface area contributed by atoms with E-state index in [9.17, 15) is 4.79 Å². The van der Waals surface area contributed by atoms with Crippen molar-refractivity contribution in [3.8, 4) is 11.8 Å². The molecular weight excluding hydrogens is 252 g/mol. The topological polar surface area (TPSA) is 80.9 Å². The number of anilines is 1. The van der Waals surface area contributed by atoms with Crippen LogP contribution in [-0.4, -0.2) is 22.4 Å². The summed E-state index contributed by atoms with van der Waals surface area (Å²) in [4.78, 5) is 20.1. The average molecular weight is 266 g/mol. The highest BCUT2D eigenvalue weighted by Gasteiger charge is 2.07. The van der Waals surface area contributed by atoms with Crippen LogP contribution < -0.4 is 11.1 Å². The molecule has 2 aromatic heterocycles. The zero-order chi connectivity index (χ0) is 14.4. The second-order valence-electron chi connectivity index (χ2n) is 4.11. The van der Waals surface area contributed by atoms with E-state index in [1.807, 2.05) is 13.0 Å². The highest BCUT2D eigenvalue weighted by atomic mass is 16.1. The highest BCUT2D eigenvalue weighted by molar-refractivity contribution is 6.02. The molecule has 0 atom stereocenters. The Balaban J connectivity index is 2.07. The average Bonchev–Trinajstić information content (AvgIpc) is 2.48. The van der Waals surface area contributed by atoms with Gasteiger partial charge in [0, 0.05) is 18.0 Å². The van der Waals surface area contributed by atoms with E-state index in [2.05, 4.69) is 27.1 Å². The minimum absolute atomic E-state index is 0.293. The predicted molar refractivity (Wildman–Crippen MR) is 77.1 cm³/mol. The molecule has 0 spiro atoms. The van der Waals surface area contributed by atoms with E-state index in [0.717, 1.165) is 11.1 Å². The molecule has 0 saturated heterocycles. The van der Waals surface area contributed by atoms with Crippen LogP contribution in [-0.2, 0) is 0 Å². The predicted octanol–water partition coefficient (Wildman–Crippen LogP) is 1.35. The fourth-order valence-corrected chi connectivity index (χ4v) is 1.48. The first kappa shape index (κ1) is 13.7. The van der Waals surface area contributed by atoms with E-state index < -0.39 is 0 Å². The van der Waals surface area contributed by atoms with Crippen molar-refractivity contribution in [2.45, 2.75) is 6.92 Å². The van der Waals surface area contributed by atoms with Crippen LogP contribution in [0.15, 0.2) is 36.7 Å². The van der Waals surface area contributed by atoms with Crippen LogP contribution in [0, 0.1) is 18.8 Å². The number of carbonyl (C=O) groups excluding carboxylic acids is 1. The van der Waals surface area contributed by atoms with E-state index in [-0.39, 0.29) is 5.91 Å². The van der Waals surface area contributed by atoms with Crippen LogP contribution in [0.2, 0.25) is 0 Å². The number of pyridine rings is 2. The second-order valence-corrected chi connectivity index (χ2v) is 4.11. The quantitative estimate of drug-likeness (QED) is 0.804. The van der Waals surface area contributed by atoms with E-state index >= 15 is 0 Å². The standard InChI is InChI=1S/C15H14N4O/c1-11-4-7-14(18-9-11)19-15(20)13-6-5-12(10-17-13)3-2-8-16/h4-7,9-10H,8,16H2,1H3,(H,18,19,20). The Kier molecular flexibility index (Phi) is 4.43. The van der Waals surface area contributed by atoms with Gasteiger partial charge in [0.2, 0.25) is 0 Å². The molecular formula is C15H14N4O. The SMILES string of the molecule is Cc1ccc(NC(=O)c2ccc(C#CCN)cn2)nc1. The van der Waals surface area contributed by atoms with Crippen molar-refractivity contribution < 1.29 is 4.79 Å². The molecule has 5 nitrogen and oxygen atoms in total. The number of carbonyl (C=O) groups is 1. The lowest BCUT2D eigenvalue weighted by Gasteiger charge is -2.04. The molecule has 0 fully saturated rings. The van der Waals surface area contributed by atoms with Gasteiger partial charge in [0.25, 0.3) is 5.91 Å². The van der Waals surface area contributed by atoms with Gasteiger partial charge in [0.05, 0.1) is 6.54 Å². The summed E-state index contributed by atoms with van der Waals surface area (Å²) in [5, 5.41) is 2.68. The number of aromatic nitrogens is 2. The van der Waals surface area contributed by atoms with Crippen molar-refractivity contribution in [1.29, 1.82) is 0 Å². The van der Waals surface area contributed by atoms with Crippen LogP contribution in [0.5, 0.6) is 0 Å². The number of nitrogens with two attached hydrogens (primary N) is 1. The van der Waals surface area contributed by atoms with Crippen molar-refractivity contribution in [2.24, 2.45) is 5.73 Å². The van der Waals surface area contributed by atoms with Crippen LogP contribution in [0.3, 0.4) is 0 Å². The minimum atomic E-state index is -0.306. The van der Waals surface area contributed by atoms with E-state index in [4.69, 9.17) is 5.73 Å². The zero-order valence-electron chi connectivity index (χ0n) is 11.1. The first-order valence-electron chi connectivity index (χ1n) is 6.08. The van der Waals surface area contributed by atoms with E-state index in [1.54, 1.807) is 30.6 Å². The number of hydrogen-bond acceptors (Lipinski definition) is 4. The smallest absolute Gasteiger partial charge is 0.275 e. The molecule has 2 aromatic rings. The fourth-order valence-electron chi connectivity index (χ4n) is 1.48. The van der Waals surface area contributed by atoms with Gasteiger partial charge in [-0.15, -0.1) is 0 Å². The Morgan fingerprint density at radius 3 is 2.70 bits per heavy atom. The van der Waals surface area contributed by atoms with Gasteiger partial charge in [0.1, 0.15) is 11.5 Å². The summed E-state index contributed by atoms with van der Waals surface area (Å²) in [6, 6.07) is 6.97. The second kappa shape index (κ2) is 6.45. The van der Waals surface area contributed by atoms with Gasteiger partial charge in [-0.05, 0) is 30.7 Å². The maximum absolute atomic E-state index is 12.0. The Morgan fingerprint density at radius 2 is 2.10 bits per heavy atom. The first-order valence-corrected chi connectivity index (χ1v) is 6.08. The molecule has 0 unspecified atom stereocenters. The minimum Gasteiger partial charge on any atom is -0.320 e. The number of hydrogen-bond donors (Lipinski definition) is 2. The van der Waals surface area contributed by atoms with E-state index in [0.29, 0.717) is 18.1 Å². The Labute approximate surface area is 117 Å². The Morgan fingerprint density at radius 1 is 1.25 bits per heavy atom. The van der Waals surface area contributed by atoms with Gasteiger partial charge in [-0.25, -0.2) is 9.97 Å². The normalized spacial score (nSPS) is 9.50. The molecule has 3 N–H and O–H groups in total. The van der Waals surface area contributed by atoms with Crippen molar-refractivity contribution in [1.82, 2.24) is 9.97 Å². The molecule has 2 rings (SSSR count). The molecule has 1 amide bonds. The molecule has 0 radical (unpaired) electrons. The van der Waals surface area contributed by atoms with Crippen LogP contribution in [0.25, 0.3) is 0 Å². The van der Waals surface area contributed by atoms with Gasteiger partial charge in [-0.2, -0.15) is 0 Å². The van der Waals surface area contributed by atoms with E-state index in [1.165, 1.54) is 0 Å². The lowest BCUT2D eigenvalue weighted by molar-refractivity contribution is 0.102. The van der Waals surface area contributed by atoms with Crippen LogP contribution in [0.1, 0.15) is 21.6 Å². The number of amides is 1. The largest absolute Gasteiger partial charge is 0.320 e. The molecule has 0 aliphatic rings. The molecule has 20 heavy (non-hydrogen) atoms. The van der Waals surface area contributed by atoms with Gasteiger partial charge in [-0.1, -0.05) is 17.9 Å². The summed E-state index contributed by atoms with van der Waals surface area (Å²) in [7, 11) is 0. The van der Waals surface area contributed by atoms with Gasteiger partial charge < -0.3 is 11.1 Å². The Bertz CT molecular complexity index is 651.